The van der Waals surface area contributed by atoms with Crippen molar-refractivity contribution >= 4 is 30.6 Å². The molecule has 0 saturated heterocycles. The van der Waals surface area contributed by atoms with Crippen molar-refractivity contribution in [2.24, 2.45) is 7.05 Å². The Morgan fingerprint density at radius 2 is 2.11 bits per heavy atom. The molecule has 2 aromatic rings. The molecule has 0 fully saturated rings. The molecule has 0 bridgehead atoms. The molecular weight excluding hydrogens is 274 g/mol. The molecule has 0 amide bonds. The summed E-state index contributed by atoms with van der Waals surface area (Å²) >= 11 is 0. The predicted octanol–water partition coefficient (Wildman–Crippen LogP) is 2.89. The van der Waals surface area contributed by atoms with Crippen molar-refractivity contribution in [2.45, 2.75) is 18.2 Å². The van der Waals surface area contributed by atoms with Gasteiger partial charge >= 0.3 is 0 Å². The Morgan fingerprint density at radius 1 is 1.39 bits per heavy atom. The summed E-state index contributed by atoms with van der Waals surface area (Å²) in [6, 6.07) is 5.42. The van der Waals surface area contributed by atoms with E-state index in [9.17, 15) is 8.42 Å². The number of ether oxygens (including phenoxy) is 1. The first-order chi connectivity index (χ1) is 8.45. The minimum atomic E-state index is -3.78. The molecule has 1 aromatic heterocycles. The Bertz CT molecular complexity index is 676. The molecule has 18 heavy (non-hydrogen) atoms. The molecule has 2 rings (SSSR count). The van der Waals surface area contributed by atoms with Crippen LogP contribution in [0.2, 0.25) is 0 Å². The van der Waals surface area contributed by atoms with E-state index in [1.165, 1.54) is 6.20 Å². The Hall–Kier alpha value is -1.20. The van der Waals surface area contributed by atoms with Gasteiger partial charge < -0.3 is 9.30 Å². The molecule has 6 heteroatoms. The maximum atomic E-state index is 11.6. The van der Waals surface area contributed by atoms with Gasteiger partial charge in [0.15, 0.2) is 0 Å². The minimum absolute atomic E-state index is 0.0911. The van der Waals surface area contributed by atoms with E-state index < -0.39 is 9.05 Å². The van der Waals surface area contributed by atoms with Crippen LogP contribution in [0.4, 0.5) is 0 Å². The van der Waals surface area contributed by atoms with Gasteiger partial charge in [-0.3, -0.25) is 0 Å². The monoisotopic (exact) mass is 287 g/mol. The van der Waals surface area contributed by atoms with Gasteiger partial charge in [0.05, 0.1) is 17.5 Å². The highest BCUT2D eigenvalue weighted by atomic mass is 35.7. The second kappa shape index (κ2) is 4.82. The van der Waals surface area contributed by atoms with Crippen LogP contribution in [0, 0.1) is 0 Å². The number of aromatic nitrogens is 1. The molecule has 0 radical (unpaired) electrons. The highest BCUT2D eigenvalue weighted by Gasteiger charge is 2.20. The van der Waals surface area contributed by atoms with Gasteiger partial charge in [0, 0.05) is 23.9 Å². The van der Waals surface area contributed by atoms with E-state index in [1.807, 2.05) is 19.1 Å². The van der Waals surface area contributed by atoms with Crippen LogP contribution in [0.5, 0.6) is 5.75 Å². The number of fused-ring (bicyclic) bond motifs is 1. The Kier molecular flexibility index (Phi) is 3.54. The molecule has 0 N–H and O–H groups in total. The zero-order valence-electron chi connectivity index (χ0n) is 10.2. The average molecular weight is 288 g/mol. The van der Waals surface area contributed by atoms with Crippen LogP contribution in [-0.4, -0.2) is 19.6 Å². The second-order valence-corrected chi connectivity index (χ2v) is 6.58. The van der Waals surface area contributed by atoms with Crippen molar-refractivity contribution in [1.82, 2.24) is 4.57 Å². The number of nitrogens with zero attached hydrogens (tertiary/aromatic N) is 1. The molecule has 0 unspecified atom stereocenters. The summed E-state index contributed by atoms with van der Waals surface area (Å²) in [7, 11) is 3.45. The molecule has 0 aliphatic carbocycles. The topological polar surface area (TPSA) is 48.3 Å². The maximum Gasteiger partial charge on any atom is 0.263 e. The Morgan fingerprint density at radius 3 is 2.72 bits per heavy atom. The van der Waals surface area contributed by atoms with Gasteiger partial charge in [0.25, 0.3) is 9.05 Å². The standard InChI is InChI=1S/C12H14ClNO3S/c1-3-7-17-10-6-4-5-9-12(10)11(8-14(9)2)18(13,15)16/h4-6,8H,3,7H2,1-2H3. The fourth-order valence-electron chi connectivity index (χ4n) is 1.89. The summed E-state index contributed by atoms with van der Waals surface area (Å²) in [6.07, 6.45) is 2.36. The third kappa shape index (κ3) is 2.33. The number of aryl methyl sites for hydroxylation is 1. The smallest absolute Gasteiger partial charge is 0.263 e. The molecule has 0 aliphatic heterocycles. The fourth-order valence-corrected chi connectivity index (χ4v) is 2.97. The Balaban J connectivity index is 2.73. The summed E-state index contributed by atoms with van der Waals surface area (Å²) in [5, 5.41) is 0.545. The van der Waals surface area contributed by atoms with Gasteiger partial charge in [-0.2, -0.15) is 0 Å². The van der Waals surface area contributed by atoms with Crippen molar-refractivity contribution in [3.63, 3.8) is 0 Å². The van der Waals surface area contributed by atoms with Crippen LogP contribution in [-0.2, 0) is 16.1 Å². The summed E-state index contributed by atoms with van der Waals surface area (Å²) in [4.78, 5) is 0.0911. The SMILES string of the molecule is CCCOc1cccc2c1c(S(=O)(=O)Cl)cn2C. The lowest BCUT2D eigenvalue weighted by molar-refractivity contribution is 0.321. The summed E-state index contributed by atoms with van der Waals surface area (Å²) < 4.78 is 30.5. The van der Waals surface area contributed by atoms with Crippen LogP contribution < -0.4 is 4.74 Å². The number of benzene rings is 1. The Labute approximate surface area is 111 Å². The molecule has 1 heterocycles. The third-order valence-electron chi connectivity index (χ3n) is 2.67. The van der Waals surface area contributed by atoms with Crippen molar-refractivity contribution in [1.29, 1.82) is 0 Å². The lowest BCUT2D eigenvalue weighted by Gasteiger charge is -2.07. The molecule has 0 spiro atoms. The molecule has 1 aromatic carbocycles. The van der Waals surface area contributed by atoms with Gasteiger partial charge in [-0.1, -0.05) is 13.0 Å². The van der Waals surface area contributed by atoms with E-state index in [2.05, 4.69) is 0 Å². The highest BCUT2D eigenvalue weighted by Crippen LogP contribution is 2.34. The van der Waals surface area contributed by atoms with Gasteiger partial charge in [-0.15, -0.1) is 0 Å². The van der Waals surface area contributed by atoms with Gasteiger partial charge in [0.1, 0.15) is 10.6 Å². The maximum absolute atomic E-state index is 11.6. The number of hydrogen-bond donors (Lipinski definition) is 0. The minimum Gasteiger partial charge on any atom is -0.493 e. The van der Waals surface area contributed by atoms with Crippen LogP contribution in [0.3, 0.4) is 0 Å². The third-order valence-corrected chi connectivity index (χ3v) is 4.00. The van der Waals surface area contributed by atoms with E-state index in [-0.39, 0.29) is 4.90 Å². The quantitative estimate of drug-likeness (QED) is 0.813. The van der Waals surface area contributed by atoms with Crippen LogP contribution in [0.15, 0.2) is 29.3 Å². The van der Waals surface area contributed by atoms with Crippen molar-refractivity contribution in [3.05, 3.63) is 24.4 Å². The number of halogens is 1. The zero-order valence-corrected chi connectivity index (χ0v) is 11.8. The van der Waals surface area contributed by atoms with Crippen molar-refractivity contribution in [2.75, 3.05) is 6.61 Å². The first-order valence-corrected chi connectivity index (χ1v) is 7.91. The van der Waals surface area contributed by atoms with Crippen molar-refractivity contribution in [3.8, 4) is 5.75 Å². The second-order valence-electron chi connectivity index (χ2n) is 4.04. The molecule has 98 valence electrons. The molecule has 4 nitrogen and oxygen atoms in total. The highest BCUT2D eigenvalue weighted by molar-refractivity contribution is 8.14. The van der Waals surface area contributed by atoms with E-state index >= 15 is 0 Å². The van der Waals surface area contributed by atoms with Gasteiger partial charge in [-0.05, 0) is 18.6 Å². The lowest BCUT2D eigenvalue weighted by Crippen LogP contribution is -1.97. The zero-order chi connectivity index (χ0) is 13.3. The summed E-state index contributed by atoms with van der Waals surface area (Å²) in [5.41, 5.74) is 0.780. The number of rotatable bonds is 4. The van der Waals surface area contributed by atoms with E-state index in [1.54, 1.807) is 17.7 Å². The summed E-state index contributed by atoms with van der Waals surface area (Å²) in [5.74, 6) is 0.550. The molecular formula is C12H14ClNO3S. The largest absolute Gasteiger partial charge is 0.493 e. The first kappa shape index (κ1) is 13.2. The average Bonchev–Trinajstić information content (AvgIpc) is 2.65. The van der Waals surface area contributed by atoms with E-state index in [0.717, 1.165) is 11.9 Å². The predicted molar refractivity (Wildman–Crippen MR) is 71.7 cm³/mol. The summed E-state index contributed by atoms with van der Waals surface area (Å²) in [6.45, 7) is 2.53. The van der Waals surface area contributed by atoms with Gasteiger partial charge in [0.2, 0.25) is 0 Å². The van der Waals surface area contributed by atoms with Crippen LogP contribution in [0.1, 0.15) is 13.3 Å². The number of hydrogen-bond acceptors (Lipinski definition) is 3. The normalized spacial score (nSPS) is 11.9. The molecule has 0 aliphatic rings. The molecule has 0 atom stereocenters. The van der Waals surface area contributed by atoms with Gasteiger partial charge in [-0.25, -0.2) is 8.42 Å². The van der Waals surface area contributed by atoms with Crippen LogP contribution >= 0.6 is 10.7 Å². The first-order valence-electron chi connectivity index (χ1n) is 5.60. The lowest BCUT2D eigenvalue weighted by atomic mass is 10.2. The fraction of sp³-hybridized carbons (Fsp3) is 0.333. The van der Waals surface area contributed by atoms with E-state index in [4.69, 9.17) is 15.4 Å². The molecule has 0 saturated carbocycles. The van der Waals surface area contributed by atoms with Crippen molar-refractivity contribution < 1.29 is 13.2 Å². The van der Waals surface area contributed by atoms with E-state index in [0.29, 0.717) is 17.7 Å². The van der Waals surface area contributed by atoms with Crippen LogP contribution in [0.25, 0.3) is 10.9 Å².